The van der Waals surface area contributed by atoms with Crippen molar-refractivity contribution in [3.05, 3.63) is 70.1 Å². The van der Waals surface area contributed by atoms with Crippen LogP contribution in [-0.2, 0) is 11.2 Å². The van der Waals surface area contributed by atoms with Crippen LogP contribution in [-0.4, -0.2) is 29.3 Å². The molecule has 0 aliphatic carbocycles. The Bertz CT molecular complexity index is 912. The van der Waals surface area contributed by atoms with Gasteiger partial charge in [0.1, 0.15) is 6.10 Å². The van der Waals surface area contributed by atoms with Gasteiger partial charge in [0.25, 0.3) is 5.56 Å². The number of nitrogens with one attached hydrogen (secondary N) is 1. The van der Waals surface area contributed by atoms with E-state index in [1.165, 1.54) is 0 Å². The summed E-state index contributed by atoms with van der Waals surface area (Å²) in [5.74, 6) is 0.628. The van der Waals surface area contributed by atoms with Gasteiger partial charge in [-0.15, -0.1) is 0 Å². The van der Waals surface area contributed by atoms with Crippen molar-refractivity contribution < 1.29 is 9.47 Å². The summed E-state index contributed by atoms with van der Waals surface area (Å²) in [5.41, 5.74) is 2.52. The number of para-hydroxylation sites is 1. The van der Waals surface area contributed by atoms with Crippen molar-refractivity contribution in [3.63, 3.8) is 0 Å². The molecule has 2 aromatic heterocycles. The molecule has 0 radical (unpaired) electrons. The molecule has 1 saturated heterocycles. The summed E-state index contributed by atoms with van der Waals surface area (Å²) in [6.07, 6.45) is 4.30. The maximum atomic E-state index is 12.3. The zero-order valence-electron chi connectivity index (χ0n) is 13.9. The average Bonchev–Trinajstić information content (AvgIpc) is 2.65. The number of ether oxygens (including phenoxy) is 2. The third-order valence-electron chi connectivity index (χ3n) is 4.48. The van der Waals surface area contributed by atoms with Crippen molar-refractivity contribution >= 4 is 10.9 Å². The number of H-pyrrole nitrogens is 1. The van der Waals surface area contributed by atoms with E-state index in [2.05, 4.69) is 9.97 Å². The van der Waals surface area contributed by atoms with Gasteiger partial charge in [0.15, 0.2) is 0 Å². The predicted molar refractivity (Wildman–Crippen MR) is 96.1 cm³/mol. The summed E-state index contributed by atoms with van der Waals surface area (Å²) in [4.78, 5) is 19.6. The molecule has 0 unspecified atom stereocenters. The lowest BCUT2D eigenvalue weighted by molar-refractivity contribution is 0.0237. The van der Waals surface area contributed by atoms with Crippen LogP contribution < -0.4 is 10.3 Å². The molecule has 1 fully saturated rings. The molecule has 0 saturated carbocycles. The number of pyridine rings is 2. The molecular formula is C20H20N2O3. The molecule has 4 rings (SSSR count). The fraction of sp³-hybridized carbons (Fsp3) is 0.300. The van der Waals surface area contributed by atoms with Crippen molar-refractivity contribution in [1.29, 1.82) is 0 Å². The second kappa shape index (κ2) is 7.07. The second-order valence-electron chi connectivity index (χ2n) is 6.32. The summed E-state index contributed by atoms with van der Waals surface area (Å²) in [6.45, 7) is 1.49. The number of nitrogens with zero attached hydrogens (tertiary/aromatic N) is 1. The van der Waals surface area contributed by atoms with Crippen LogP contribution in [0.5, 0.6) is 5.88 Å². The van der Waals surface area contributed by atoms with Crippen LogP contribution in [0.3, 0.4) is 0 Å². The normalized spacial score (nSPS) is 15.4. The van der Waals surface area contributed by atoms with E-state index < -0.39 is 0 Å². The fourth-order valence-corrected chi connectivity index (χ4v) is 3.09. The van der Waals surface area contributed by atoms with Gasteiger partial charge in [-0.3, -0.25) is 4.79 Å². The number of benzene rings is 1. The van der Waals surface area contributed by atoms with Gasteiger partial charge < -0.3 is 14.5 Å². The molecule has 1 N–H and O–H groups in total. The molecule has 0 spiro atoms. The Morgan fingerprint density at radius 1 is 1.16 bits per heavy atom. The number of hydrogen-bond donors (Lipinski definition) is 1. The Morgan fingerprint density at radius 3 is 2.80 bits per heavy atom. The molecule has 5 heteroatoms. The Kier molecular flexibility index (Phi) is 4.48. The first-order valence-corrected chi connectivity index (χ1v) is 8.58. The van der Waals surface area contributed by atoms with Gasteiger partial charge in [-0.25, -0.2) is 4.98 Å². The van der Waals surface area contributed by atoms with Gasteiger partial charge >= 0.3 is 0 Å². The van der Waals surface area contributed by atoms with E-state index in [1.54, 1.807) is 6.20 Å². The molecule has 3 heterocycles. The second-order valence-corrected chi connectivity index (χ2v) is 6.32. The molecule has 0 atom stereocenters. The van der Waals surface area contributed by atoms with E-state index in [4.69, 9.17) is 9.47 Å². The van der Waals surface area contributed by atoms with E-state index >= 15 is 0 Å². The Balaban J connectivity index is 1.49. The van der Waals surface area contributed by atoms with Crippen molar-refractivity contribution in [2.24, 2.45) is 0 Å². The minimum Gasteiger partial charge on any atom is -0.474 e. The molecule has 5 nitrogen and oxygen atoms in total. The largest absolute Gasteiger partial charge is 0.474 e. The van der Waals surface area contributed by atoms with Crippen molar-refractivity contribution in [2.45, 2.75) is 25.4 Å². The highest BCUT2D eigenvalue weighted by Gasteiger charge is 2.15. The number of fused-ring (bicyclic) bond motifs is 1. The lowest BCUT2D eigenvalue weighted by Crippen LogP contribution is -2.26. The summed E-state index contributed by atoms with van der Waals surface area (Å²) in [6, 6.07) is 13.6. The quantitative estimate of drug-likeness (QED) is 0.795. The summed E-state index contributed by atoms with van der Waals surface area (Å²) in [7, 11) is 0. The lowest BCUT2D eigenvalue weighted by atomic mass is 10.1. The third kappa shape index (κ3) is 3.72. The van der Waals surface area contributed by atoms with Crippen molar-refractivity contribution in [2.75, 3.05) is 13.2 Å². The van der Waals surface area contributed by atoms with Gasteiger partial charge in [0.05, 0.1) is 13.2 Å². The number of aromatic amines is 1. The Hall–Kier alpha value is -2.66. The van der Waals surface area contributed by atoms with E-state index in [0.717, 1.165) is 48.1 Å². The number of rotatable bonds is 4. The first kappa shape index (κ1) is 15.8. The van der Waals surface area contributed by atoms with Gasteiger partial charge in [0, 0.05) is 42.6 Å². The molecule has 1 aromatic carbocycles. The molecule has 1 aliphatic heterocycles. The molecule has 128 valence electrons. The zero-order chi connectivity index (χ0) is 17.1. The number of hydrogen-bond acceptors (Lipinski definition) is 4. The summed E-state index contributed by atoms with van der Waals surface area (Å²) >= 11 is 0. The highest BCUT2D eigenvalue weighted by atomic mass is 16.5. The van der Waals surface area contributed by atoms with E-state index in [0.29, 0.717) is 12.3 Å². The van der Waals surface area contributed by atoms with Crippen LogP contribution in [0.4, 0.5) is 0 Å². The Labute approximate surface area is 145 Å². The summed E-state index contributed by atoms with van der Waals surface area (Å²) < 4.78 is 11.2. The van der Waals surface area contributed by atoms with Gasteiger partial charge in [-0.2, -0.15) is 0 Å². The van der Waals surface area contributed by atoms with Gasteiger partial charge in [0.2, 0.25) is 5.88 Å². The topological polar surface area (TPSA) is 64.2 Å². The minimum absolute atomic E-state index is 0.0544. The molecular weight excluding hydrogens is 316 g/mol. The first-order valence-electron chi connectivity index (χ1n) is 8.58. The van der Waals surface area contributed by atoms with Crippen molar-refractivity contribution in [1.82, 2.24) is 9.97 Å². The predicted octanol–water partition coefficient (Wildman–Crippen LogP) is 3.07. The van der Waals surface area contributed by atoms with Gasteiger partial charge in [-0.05, 0) is 23.1 Å². The van der Waals surface area contributed by atoms with Crippen molar-refractivity contribution in [3.8, 4) is 5.88 Å². The van der Waals surface area contributed by atoms with Crippen LogP contribution in [0.15, 0.2) is 53.5 Å². The molecule has 0 bridgehead atoms. The Morgan fingerprint density at radius 2 is 2.00 bits per heavy atom. The number of aromatic nitrogens is 2. The van der Waals surface area contributed by atoms with Crippen LogP contribution >= 0.6 is 0 Å². The minimum atomic E-state index is -0.0544. The average molecular weight is 336 g/mol. The highest BCUT2D eigenvalue weighted by Crippen LogP contribution is 2.17. The van der Waals surface area contributed by atoms with Crippen LogP contribution in [0.2, 0.25) is 0 Å². The smallest absolute Gasteiger partial charge is 0.251 e. The van der Waals surface area contributed by atoms with Crippen LogP contribution in [0.1, 0.15) is 24.0 Å². The molecule has 0 amide bonds. The van der Waals surface area contributed by atoms with Gasteiger partial charge in [-0.1, -0.05) is 24.3 Å². The van der Waals surface area contributed by atoms with E-state index in [9.17, 15) is 4.79 Å². The van der Waals surface area contributed by atoms with E-state index in [1.807, 2.05) is 42.5 Å². The third-order valence-corrected chi connectivity index (χ3v) is 4.48. The molecule has 1 aliphatic rings. The van der Waals surface area contributed by atoms with Crippen LogP contribution in [0, 0.1) is 0 Å². The zero-order valence-corrected chi connectivity index (χ0v) is 13.9. The fourth-order valence-electron chi connectivity index (χ4n) is 3.09. The molecule has 3 aromatic rings. The first-order chi connectivity index (χ1) is 12.3. The van der Waals surface area contributed by atoms with Crippen LogP contribution in [0.25, 0.3) is 10.9 Å². The standard InChI is InChI=1S/C20H20N2O3/c23-20-16(12-15-3-1-2-4-18(15)22-20)11-14-5-6-19(21-13-14)25-17-7-9-24-10-8-17/h1-6,12-13,17H,7-11H2,(H,22,23). The maximum absolute atomic E-state index is 12.3. The molecule has 25 heavy (non-hydrogen) atoms. The SMILES string of the molecule is O=c1[nH]c2ccccc2cc1Cc1ccc(OC2CCOCC2)nc1. The summed E-state index contributed by atoms with van der Waals surface area (Å²) in [5, 5.41) is 1.03. The van der Waals surface area contributed by atoms with E-state index in [-0.39, 0.29) is 11.7 Å². The monoisotopic (exact) mass is 336 g/mol. The highest BCUT2D eigenvalue weighted by molar-refractivity contribution is 5.78. The lowest BCUT2D eigenvalue weighted by Gasteiger charge is -2.22. The maximum Gasteiger partial charge on any atom is 0.251 e.